The lowest BCUT2D eigenvalue weighted by Gasteiger charge is -2.24. The van der Waals surface area contributed by atoms with Crippen molar-refractivity contribution in [3.05, 3.63) is 126 Å². The number of hydrogen-bond donors (Lipinski definition) is 0. The van der Waals surface area contributed by atoms with E-state index in [-0.39, 0.29) is 5.91 Å². The van der Waals surface area contributed by atoms with Crippen molar-refractivity contribution in [3.63, 3.8) is 0 Å². The Morgan fingerprint density at radius 2 is 1.45 bits per heavy atom. The van der Waals surface area contributed by atoms with Crippen LogP contribution in [-0.2, 0) is 16.1 Å². The molecule has 0 bridgehead atoms. The molecule has 192 valence electrons. The van der Waals surface area contributed by atoms with E-state index in [0.717, 1.165) is 27.9 Å². The van der Waals surface area contributed by atoms with Crippen molar-refractivity contribution in [2.24, 2.45) is 0 Å². The van der Waals surface area contributed by atoms with Gasteiger partial charge in [0.25, 0.3) is 5.91 Å². The Morgan fingerprint density at radius 1 is 0.816 bits per heavy atom. The number of carbonyl (C=O) groups is 2. The Labute approximate surface area is 222 Å². The topological polar surface area (TPSA) is 49.9 Å². The van der Waals surface area contributed by atoms with Gasteiger partial charge in [-0.25, -0.2) is 9.18 Å². The van der Waals surface area contributed by atoms with Crippen molar-refractivity contribution < 1.29 is 18.7 Å². The van der Waals surface area contributed by atoms with E-state index in [2.05, 4.69) is 33.9 Å². The van der Waals surface area contributed by atoms with Crippen molar-refractivity contribution in [1.82, 2.24) is 0 Å². The van der Waals surface area contributed by atoms with Gasteiger partial charge in [0.1, 0.15) is 5.82 Å². The molecule has 4 aromatic carbocycles. The first-order valence-corrected chi connectivity index (χ1v) is 12.1. The number of esters is 1. The Balaban J connectivity index is 1.63. The maximum absolute atomic E-state index is 13.6. The lowest BCUT2D eigenvalue weighted by molar-refractivity contribution is -0.134. The lowest BCUT2D eigenvalue weighted by Crippen LogP contribution is -2.30. The molecular weight excluding hydrogens is 479 g/mol. The molecule has 0 aliphatic rings. The van der Waals surface area contributed by atoms with Gasteiger partial charge in [-0.1, -0.05) is 48.5 Å². The van der Waals surface area contributed by atoms with Crippen molar-refractivity contribution in [2.45, 2.75) is 6.54 Å². The van der Waals surface area contributed by atoms with Gasteiger partial charge < -0.3 is 14.5 Å². The summed E-state index contributed by atoms with van der Waals surface area (Å²) in [6.07, 6.45) is 2.96. The molecule has 5 nitrogen and oxygen atoms in total. The van der Waals surface area contributed by atoms with Crippen molar-refractivity contribution >= 4 is 29.3 Å². The molecule has 0 radical (unpaired) electrons. The summed E-state index contributed by atoms with van der Waals surface area (Å²) in [6, 6.07) is 29.2. The quantitative estimate of drug-likeness (QED) is 0.199. The van der Waals surface area contributed by atoms with Gasteiger partial charge in [0.05, 0.1) is 13.7 Å². The number of benzene rings is 4. The van der Waals surface area contributed by atoms with E-state index in [1.165, 1.54) is 37.5 Å². The van der Waals surface area contributed by atoms with Crippen molar-refractivity contribution in [3.8, 4) is 11.1 Å². The van der Waals surface area contributed by atoms with Crippen LogP contribution in [0, 0.1) is 5.82 Å². The maximum atomic E-state index is 13.6. The molecule has 38 heavy (non-hydrogen) atoms. The predicted molar refractivity (Wildman–Crippen MR) is 151 cm³/mol. The zero-order valence-corrected chi connectivity index (χ0v) is 21.6. The van der Waals surface area contributed by atoms with Gasteiger partial charge in [-0.2, -0.15) is 0 Å². The molecule has 0 aliphatic carbocycles. The van der Waals surface area contributed by atoms with Crippen LogP contribution >= 0.6 is 0 Å². The van der Waals surface area contributed by atoms with Crippen LogP contribution in [0.25, 0.3) is 17.2 Å². The minimum Gasteiger partial charge on any atom is -0.466 e. The Kier molecular flexibility index (Phi) is 8.34. The number of anilines is 2. The molecule has 0 spiro atoms. The second-order valence-corrected chi connectivity index (χ2v) is 8.99. The van der Waals surface area contributed by atoms with E-state index < -0.39 is 11.8 Å². The highest BCUT2D eigenvalue weighted by Crippen LogP contribution is 2.26. The predicted octanol–water partition coefficient (Wildman–Crippen LogP) is 6.59. The van der Waals surface area contributed by atoms with Crippen LogP contribution < -0.4 is 9.80 Å². The molecule has 6 heteroatoms. The molecule has 1 amide bonds. The number of nitrogens with zero attached hydrogens (tertiary/aromatic N) is 2. The largest absolute Gasteiger partial charge is 0.466 e. The first-order valence-electron chi connectivity index (χ1n) is 12.1. The highest BCUT2D eigenvalue weighted by atomic mass is 19.1. The molecule has 0 saturated heterocycles. The molecule has 0 unspecified atom stereocenters. The highest BCUT2D eigenvalue weighted by molar-refractivity contribution is 6.06. The summed E-state index contributed by atoms with van der Waals surface area (Å²) in [4.78, 5) is 28.8. The van der Waals surface area contributed by atoms with Crippen LogP contribution in [-0.4, -0.2) is 33.1 Å². The standard InChI is InChI=1S/C32H29FN2O3/c1-34(2)29-18-14-26(15-19-29)25-10-7-24(8-11-25)22-35(32(37)27-12-16-28(33)17-13-27)30-6-4-5-23(21-30)9-20-31(36)38-3/h4-21H,22H2,1-3H3/b20-9+. The van der Waals surface area contributed by atoms with Crippen LogP contribution in [0.5, 0.6) is 0 Å². The van der Waals surface area contributed by atoms with Gasteiger partial charge >= 0.3 is 5.97 Å². The number of ether oxygens (including phenoxy) is 1. The average molecular weight is 509 g/mol. The SMILES string of the molecule is COC(=O)/C=C/c1cccc(N(Cc2ccc(-c3ccc(N(C)C)cc3)cc2)C(=O)c2ccc(F)cc2)c1. The number of hydrogen-bond acceptors (Lipinski definition) is 4. The normalized spacial score (nSPS) is 10.8. The van der Waals surface area contributed by atoms with Crippen LogP contribution in [0.3, 0.4) is 0 Å². The zero-order valence-electron chi connectivity index (χ0n) is 21.6. The molecule has 4 aromatic rings. The monoisotopic (exact) mass is 508 g/mol. The number of rotatable bonds is 8. The number of methoxy groups -OCH3 is 1. The molecule has 0 N–H and O–H groups in total. The second kappa shape index (κ2) is 12.0. The minimum atomic E-state index is -0.467. The maximum Gasteiger partial charge on any atom is 0.330 e. The fourth-order valence-electron chi connectivity index (χ4n) is 3.99. The lowest BCUT2D eigenvalue weighted by atomic mass is 10.0. The van der Waals surface area contributed by atoms with Gasteiger partial charge in [0.15, 0.2) is 0 Å². The van der Waals surface area contributed by atoms with Gasteiger partial charge in [0, 0.05) is 37.1 Å². The third-order valence-corrected chi connectivity index (χ3v) is 6.14. The summed E-state index contributed by atoms with van der Waals surface area (Å²) in [5.41, 5.74) is 6.00. The molecule has 0 aromatic heterocycles. The van der Waals surface area contributed by atoms with E-state index in [9.17, 15) is 14.0 Å². The molecular formula is C32H29FN2O3. The van der Waals surface area contributed by atoms with Crippen molar-refractivity contribution in [2.75, 3.05) is 31.0 Å². The number of carbonyl (C=O) groups excluding carboxylic acids is 2. The molecule has 0 aliphatic heterocycles. The van der Waals surface area contributed by atoms with E-state index in [1.54, 1.807) is 11.0 Å². The summed E-state index contributed by atoms with van der Waals surface area (Å²) >= 11 is 0. The fourth-order valence-corrected chi connectivity index (χ4v) is 3.99. The highest BCUT2D eigenvalue weighted by Gasteiger charge is 2.19. The van der Waals surface area contributed by atoms with Gasteiger partial charge in [-0.05, 0) is 76.9 Å². The third-order valence-electron chi connectivity index (χ3n) is 6.14. The second-order valence-electron chi connectivity index (χ2n) is 8.99. The minimum absolute atomic E-state index is 0.262. The van der Waals surface area contributed by atoms with E-state index >= 15 is 0 Å². The molecule has 4 rings (SSSR count). The Bertz CT molecular complexity index is 1430. The van der Waals surface area contributed by atoms with Gasteiger partial charge in [-0.15, -0.1) is 0 Å². The fraction of sp³-hybridized carbons (Fsp3) is 0.125. The summed E-state index contributed by atoms with van der Waals surface area (Å²) in [5.74, 6) is -1.13. The molecule has 0 saturated carbocycles. The Morgan fingerprint density at radius 3 is 2.05 bits per heavy atom. The first-order chi connectivity index (χ1) is 18.3. The molecule has 0 fully saturated rings. The number of halogens is 1. The smallest absolute Gasteiger partial charge is 0.330 e. The van der Waals surface area contributed by atoms with Crippen LogP contribution in [0.1, 0.15) is 21.5 Å². The first kappa shape index (κ1) is 26.4. The van der Waals surface area contributed by atoms with Gasteiger partial charge in [-0.3, -0.25) is 4.79 Å². The van der Waals surface area contributed by atoms with Crippen LogP contribution in [0.4, 0.5) is 15.8 Å². The van der Waals surface area contributed by atoms with E-state index in [4.69, 9.17) is 0 Å². The van der Waals surface area contributed by atoms with Crippen LogP contribution in [0.2, 0.25) is 0 Å². The zero-order chi connectivity index (χ0) is 27.1. The van der Waals surface area contributed by atoms with Crippen molar-refractivity contribution in [1.29, 1.82) is 0 Å². The third kappa shape index (κ3) is 6.53. The van der Waals surface area contributed by atoms with Gasteiger partial charge in [0.2, 0.25) is 0 Å². The van der Waals surface area contributed by atoms with E-state index in [1.807, 2.05) is 62.6 Å². The summed E-state index contributed by atoms with van der Waals surface area (Å²) < 4.78 is 18.2. The molecule has 0 atom stereocenters. The Hall–Kier alpha value is -4.71. The number of amides is 1. The summed E-state index contributed by atoms with van der Waals surface area (Å²) in [7, 11) is 5.33. The molecule has 0 heterocycles. The summed E-state index contributed by atoms with van der Waals surface area (Å²) in [5, 5.41) is 0. The summed E-state index contributed by atoms with van der Waals surface area (Å²) in [6.45, 7) is 0.306. The van der Waals surface area contributed by atoms with Crippen LogP contribution in [0.15, 0.2) is 103 Å². The van der Waals surface area contributed by atoms with E-state index in [0.29, 0.717) is 17.8 Å². The average Bonchev–Trinajstić information content (AvgIpc) is 2.95.